The van der Waals surface area contributed by atoms with Crippen LogP contribution >= 0.6 is 0 Å². The topological polar surface area (TPSA) is 64.2 Å². The molecule has 0 aromatic heterocycles. The second-order valence-electron chi connectivity index (χ2n) is 0.503. The van der Waals surface area contributed by atoms with E-state index in [0.29, 0.717) is 0 Å². The van der Waals surface area contributed by atoms with E-state index in [1.54, 1.807) is 0 Å². The van der Waals surface area contributed by atoms with Crippen LogP contribution in [0.1, 0.15) is 0 Å². The summed E-state index contributed by atoms with van der Waals surface area (Å²) in [5.74, 6) is 1.14. The molecule has 0 rings (SSSR count). The molecule has 5 heteroatoms. The van der Waals surface area contributed by atoms with Gasteiger partial charge in [-0.15, -0.1) is 0 Å². The van der Waals surface area contributed by atoms with Gasteiger partial charge in [-0.2, -0.15) is 0 Å². The van der Waals surface area contributed by atoms with E-state index in [2.05, 4.69) is 0 Å². The fourth-order valence-corrected chi connectivity index (χ4v) is 0. The second kappa shape index (κ2) is 5.47. The van der Waals surface area contributed by atoms with Gasteiger partial charge >= 0.3 is 36.7 Å². The van der Waals surface area contributed by atoms with Crippen LogP contribution in [0.15, 0.2) is 0 Å². The Morgan fingerprint density at radius 3 is 1.67 bits per heavy atom. The van der Waals surface area contributed by atoms with Crippen molar-refractivity contribution in [2.24, 2.45) is 0 Å². The molecule has 0 aromatic carbocycles. The van der Waals surface area contributed by atoms with Gasteiger partial charge < -0.3 is 10.0 Å². The van der Waals surface area contributed by atoms with Crippen molar-refractivity contribution in [1.29, 1.82) is 5.26 Å². The quantitative estimate of drug-likeness (QED) is 0.338. The van der Waals surface area contributed by atoms with Crippen LogP contribution in [0.5, 0.6) is 0 Å². The first kappa shape index (κ1) is 9.69. The number of hydrogen-bond acceptors (Lipinski definition) is 3. The van der Waals surface area contributed by atoms with Crippen LogP contribution < -0.4 is 0 Å². The Labute approximate surface area is 58.0 Å². The van der Waals surface area contributed by atoms with E-state index < -0.39 is 7.12 Å². The van der Waals surface area contributed by atoms with Crippen molar-refractivity contribution in [3.8, 4) is 5.97 Å². The predicted octanol–water partition coefficient (Wildman–Crippen LogP) is -2.13. The van der Waals surface area contributed by atoms with Crippen molar-refractivity contribution in [2.75, 3.05) is 0 Å². The first-order valence-electron chi connectivity index (χ1n) is 1.03. The molecule has 0 saturated carbocycles. The van der Waals surface area contributed by atoms with Crippen molar-refractivity contribution in [2.45, 2.75) is 0 Å². The third kappa shape index (κ3) is 8.82. The number of nitriles is 1. The van der Waals surface area contributed by atoms with E-state index in [0.717, 1.165) is 5.97 Å². The van der Waals surface area contributed by atoms with E-state index in [9.17, 15) is 0 Å². The van der Waals surface area contributed by atoms with E-state index in [4.69, 9.17) is 15.3 Å². The number of nitrogens with zero attached hydrogens (tertiary/aromatic N) is 1. The van der Waals surface area contributed by atoms with E-state index >= 15 is 0 Å². The van der Waals surface area contributed by atoms with Crippen LogP contribution in [0.2, 0.25) is 0 Å². The van der Waals surface area contributed by atoms with Gasteiger partial charge in [-0.05, 0) is 0 Å². The molecule has 0 spiro atoms. The van der Waals surface area contributed by atoms with E-state index in [-0.39, 0.29) is 29.6 Å². The third-order valence-corrected chi connectivity index (χ3v) is 0.115. The minimum absolute atomic E-state index is 0. The van der Waals surface area contributed by atoms with Crippen molar-refractivity contribution in [3.05, 3.63) is 0 Å². The van der Waals surface area contributed by atoms with Gasteiger partial charge in [-0.25, -0.2) is 5.26 Å². The molecule has 6 heavy (non-hydrogen) atoms. The summed E-state index contributed by atoms with van der Waals surface area (Å²) in [5, 5.41) is 22.5. The Morgan fingerprint density at radius 1 is 1.50 bits per heavy atom. The Bertz CT molecular complexity index is 59.1. The summed E-state index contributed by atoms with van der Waals surface area (Å²) in [5.41, 5.74) is 0. The van der Waals surface area contributed by atoms with Gasteiger partial charge in [0.1, 0.15) is 0 Å². The summed E-state index contributed by atoms with van der Waals surface area (Å²) < 4.78 is 0. The molecule has 2 N–H and O–H groups in total. The van der Waals surface area contributed by atoms with E-state index in [1.807, 2.05) is 0 Å². The van der Waals surface area contributed by atoms with Gasteiger partial charge in [0, 0.05) is 0 Å². The zero-order valence-electron chi connectivity index (χ0n) is 2.42. The van der Waals surface area contributed by atoms with Gasteiger partial charge in [0.25, 0.3) is 0 Å². The molecule has 0 aliphatic carbocycles. The molecule has 0 atom stereocenters. The molecule has 0 aliphatic rings. The Balaban J connectivity index is 0. The Morgan fingerprint density at radius 2 is 1.67 bits per heavy atom. The fourth-order valence-electron chi connectivity index (χ4n) is 0. The molecule has 0 unspecified atom stereocenters. The number of hydrogen-bond donors (Lipinski definition) is 2. The SMILES string of the molecule is N#CB(O)O.[NaH]. The minimum atomic E-state index is -1.81. The summed E-state index contributed by atoms with van der Waals surface area (Å²) in [6, 6.07) is 0. The summed E-state index contributed by atoms with van der Waals surface area (Å²) in [6.07, 6.45) is 0. The first-order chi connectivity index (χ1) is 2.27. The molecule has 0 fully saturated rings. The first-order valence-corrected chi connectivity index (χ1v) is 1.03. The molecule has 0 bridgehead atoms. The molecule has 0 radical (unpaired) electrons. The normalized spacial score (nSPS) is 4.83. The zero-order chi connectivity index (χ0) is 4.28. The molecular formula is CH3BNNaO2. The van der Waals surface area contributed by atoms with Crippen LogP contribution in [0.3, 0.4) is 0 Å². The van der Waals surface area contributed by atoms with Gasteiger partial charge in [0.2, 0.25) is 0 Å². The second-order valence-corrected chi connectivity index (χ2v) is 0.503. The summed E-state index contributed by atoms with van der Waals surface area (Å²) in [7, 11) is -1.81. The Hall–Kier alpha value is 0.475. The number of rotatable bonds is 0. The van der Waals surface area contributed by atoms with Crippen LogP contribution in [0, 0.1) is 11.2 Å². The van der Waals surface area contributed by atoms with E-state index in [1.165, 1.54) is 0 Å². The molecule has 0 aliphatic heterocycles. The van der Waals surface area contributed by atoms with Crippen LogP contribution in [0.25, 0.3) is 0 Å². The maximum absolute atomic E-state index is 7.56. The Kier molecular flexibility index (Phi) is 8.84. The maximum atomic E-state index is 7.56. The molecule has 0 saturated heterocycles. The monoisotopic (exact) mass is 95.0 g/mol. The molecule has 3 nitrogen and oxygen atoms in total. The van der Waals surface area contributed by atoms with Gasteiger partial charge in [-0.3, -0.25) is 0 Å². The summed E-state index contributed by atoms with van der Waals surface area (Å²) in [4.78, 5) is 0. The predicted molar refractivity (Wildman–Crippen MR) is 23.0 cm³/mol. The van der Waals surface area contributed by atoms with Crippen molar-refractivity contribution >= 4 is 36.7 Å². The third-order valence-electron chi connectivity index (χ3n) is 0.115. The van der Waals surface area contributed by atoms with Crippen molar-refractivity contribution in [3.63, 3.8) is 0 Å². The van der Waals surface area contributed by atoms with Crippen molar-refractivity contribution in [1.82, 2.24) is 0 Å². The molecule has 0 aromatic rings. The summed E-state index contributed by atoms with van der Waals surface area (Å²) >= 11 is 0. The van der Waals surface area contributed by atoms with Gasteiger partial charge in [0.15, 0.2) is 0 Å². The summed E-state index contributed by atoms with van der Waals surface area (Å²) in [6.45, 7) is 0. The molecular weight excluding hydrogens is 91.8 g/mol. The molecule has 0 heterocycles. The van der Waals surface area contributed by atoms with Crippen molar-refractivity contribution < 1.29 is 10.0 Å². The fraction of sp³-hybridized carbons (Fsp3) is 0. The average Bonchev–Trinajstić information content (AvgIpc) is 1.38. The molecule has 28 valence electrons. The van der Waals surface area contributed by atoms with Gasteiger partial charge in [0.05, 0.1) is 5.97 Å². The van der Waals surface area contributed by atoms with Crippen LogP contribution in [-0.2, 0) is 0 Å². The van der Waals surface area contributed by atoms with Gasteiger partial charge in [-0.1, -0.05) is 0 Å². The molecule has 0 amide bonds. The van der Waals surface area contributed by atoms with Crippen LogP contribution in [0.4, 0.5) is 0 Å². The standard InChI is InChI=1S/CH2BNO2.Na.H/c3-1-2(4)5;;/h4-5H;;. The average molecular weight is 94.8 g/mol. The zero-order valence-corrected chi connectivity index (χ0v) is 2.42. The van der Waals surface area contributed by atoms with Crippen LogP contribution in [-0.4, -0.2) is 46.7 Å².